The number of methoxy groups -OCH3 is 1. The van der Waals surface area contributed by atoms with Crippen molar-refractivity contribution in [1.29, 1.82) is 0 Å². The van der Waals surface area contributed by atoms with Gasteiger partial charge in [-0.15, -0.1) is 0 Å². The fourth-order valence-electron chi connectivity index (χ4n) is 0.887. The van der Waals surface area contributed by atoms with Crippen molar-refractivity contribution in [3.05, 3.63) is 0 Å². The van der Waals surface area contributed by atoms with Crippen LogP contribution in [0, 0.1) is 0 Å². The molecule has 1 unspecified atom stereocenters. The van der Waals surface area contributed by atoms with Gasteiger partial charge < -0.3 is 15.2 Å². The quantitative estimate of drug-likeness (QED) is 0.532. The van der Waals surface area contributed by atoms with Crippen LogP contribution in [0.2, 0.25) is 0 Å². The highest BCUT2D eigenvalue weighted by molar-refractivity contribution is 7.99. The van der Waals surface area contributed by atoms with E-state index in [1.165, 1.54) is 18.9 Å². The first-order valence-corrected chi connectivity index (χ1v) is 6.08. The van der Waals surface area contributed by atoms with Crippen molar-refractivity contribution in [2.45, 2.75) is 18.6 Å². The van der Waals surface area contributed by atoms with E-state index < -0.39 is 24.8 Å². The second-order valence-electron chi connectivity index (χ2n) is 3.20. The molecular formula is C9H16F3NO3S. The third-order valence-corrected chi connectivity index (χ3v) is 2.69. The molecular weight excluding hydrogens is 259 g/mol. The maximum Gasteiger partial charge on any atom is 0.411 e. The van der Waals surface area contributed by atoms with Crippen molar-refractivity contribution < 1.29 is 27.4 Å². The number of hydrogen-bond acceptors (Lipinski definition) is 5. The average Bonchev–Trinajstić information content (AvgIpc) is 2.24. The Morgan fingerprint density at radius 3 is 2.59 bits per heavy atom. The van der Waals surface area contributed by atoms with Crippen LogP contribution < -0.4 is 5.73 Å². The Morgan fingerprint density at radius 2 is 2.06 bits per heavy atom. The van der Waals surface area contributed by atoms with Gasteiger partial charge in [-0.1, -0.05) is 0 Å². The van der Waals surface area contributed by atoms with Gasteiger partial charge in [0.1, 0.15) is 12.6 Å². The lowest BCUT2D eigenvalue weighted by Gasteiger charge is -2.09. The summed E-state index contributed by atoms with van der Waals surface area (Å²) in [6.07, 6.45) is -3.85. The van der Waals surface area contributed by atoms with Crippen molar-refractivity contribution in [3.63, 3.8) is 0 Å². The topological polar surface area (TPSA) is 61.5 Å². The number of halogens is 3. The fraction of sp³-hybridized carbons (Fsp3) is 0.889. The fourth-order valence-corrected chi connectivity index (χ4v) is 1.75. The summed E-state index contributed by atoms with van der Waals surface area (Å²) >= 11 is 1.38. The first-order chi connectivity index (χ1) is 7.87. The van der Waals surface area contributed by atoms with Crippen LogP contribution in [-0.4, -0.2) is 50.0 Å². The SMILES string of the molecule is COC(=O)C(N)CCSCCOCC(F)(F)F. The van der Waals surface area contributed by atoms with Crippen LogP contribution in [0.4, 0.5) is 13.2 Å². The van der Waals surface area contributed by atoms with E-state index in [1.54, 1.807) is 0 Å². The second-order valence-corrected chi connectivity index (χ2v) is 4.42. The summed E-state index contributed by atoms with van der Waals surface area (Å²) < 4.78 is 43.8. The number of rotatable bonds is 8. The minimum absolute atomic E-state index is 0.0254. The largest absolute Gasteiger partial charge is 0.468 e. The Labute approximate surface area is 102 Å². The van der Waals surface area contributed by atoms with Gasteiger partial charge in [0.05, 0.1) is 13.7 Å². The maximum absolute atomic E-state index is 11.7. The molecule has 0 rings (SSSR count). The van der Waals surface area contributed by atoms with Crippen molar-refractivity contribution in [3.8, 4) is 0 Å². The van der Waals surface area contributed by atoms with Crippen LogP contribution in [0.15, 0.2) is 0 Å². The zero-order valence-corrected chi connectivity index (χ0v) is 10.3. The van der Waals surface area contributed by atoms with E-state index >= 15 is 0 Å². The molecule has 17 heavy (non-hydrogen) atoms. The minimum atomic E-state index is -4.28. The Bertz CT molecular complexity index is 226. The van der Waals surface area contributed by atoms with Crippen molar-refractivity contribution in [1.82, 2.24) is 0 Å². The summed E-state index contributed by atoms with van der Waals surface area (Å²) in [7, 11) is 1.25. The van der Waals surface area contributed by atoms with Gasteiger partial charge in [0.25, 0.3) is 0 Å². The Kier molecular flexibility index (Phi) is 8.36. The molecule has 0 aliphatic rings. The molecule has 1 atom stereocenters. The molecule has 0 saturated carbocycles. The first-order valence-electron chi connectivity index (χ1n) is 4.92. The molecule has 0 amide bonds. The van der Waals surface area contributed by atoms with Crippen LogP contribution in [0.3, 0.4) is 0 Å². The zero-order valence-electron chi connectivity index (χ0n) is 9.46. The van der Waals surface area contributed by atoms with Gasteiger partial charge in [-0.3, -0.25) is 4.79 Å². The third-order valence-electron chi connectivity index (χ3n) is 1.71. The van der Waals surface area contributed by atoms with Crippen molar-refractivity contribution >= 4 is 17.7 Å². The third kappa shape index (κ3) is 10.4. The van der Waals surface area contributed by atoms with Crippen LogP contribution in [-0.2, 0) is 14.3 Å². The highest BCUT2D eigenvalue weighted by Gasteiger charge is 2.27. The minimum Gasteiger partial charge on any atom is -0.468 e. The van der Waals surface area contributed by atoms with Crippen LogP contribution in [0.5, 0.6) is 0 Å². The smallest absolute Gasteiger partial charge is 0.411 e. The molecule has 0 aliphatic heterocycles. The molecule has 8 heteroatoms. The van der Waals surface area contributed by atoms with Crippen molar-refractivity contribution in [2.75, 3.05) is 31.8 Å². The van der Waals surface area contributed by atoms with Gasteiger partial charge in [0, 0.05) is 5.75 Å². The number of ether oxygens (including phenoxy) is 2. The standard InChI is InChI=1S/C9H16F3NO3S/c1-15-8(14)7(13)2-4-17-5-3-16-6-9(10,11)12/h7H,2-6,13H2,1H3. The summed E-state index contributed by atoms with van der Waals surface area (Å²) in [5, 5.41) is 0. The van der Waals surface area contributed by atoms with Gasteiger partial charge >= 0.3 is 12.1 Å². The van der Waals surface area contributed by atoms with Crippen LogP contribution in [0.25, 0.3) is 0 Å². The summed E-state index contributed by atoms with van der Waals surface area (Å²) in [6, 6.07) is -0.677. The highest BCUT2D eigenvalue weighted by atomic mass is 32.2. The number of carbonyl (C=O) groups is 1. The van der Waals surface area contributed by atoms with E-state index in [2.05, 4.69) is 9.47 Å². The number of alkyl halides is 3. The lowest BCUT2D eigenvalue weighted by Crippen LogP contribution is -2.32. The molecule has 0 saturated heterocycles. The van der Waals surface area contributed by atoms with Gasteiger partial charge in [-0.2, -0.15) is 24.9 Å². The lowest BCUT2D eigenvalue weighted by molar-refractivity contribution is -0.172. The van der Waals surface area contributed by atoms with Gasteiger partial charge in [-0.05, 0) is 12.2 Å². The zero-order chi connectivity index (χ0) is 13.3. The molecule has 0 aliphatic carbocycles. The van der Waals surface area contributed by atoms with Gasteiger partial charge in [0.2, 0.25) is 0 Å². The van der Waals surface area contributed by atoms with Crippen molar-refractivity contribution in [2.24, 2.45) is 5.73 Å². The molecule has 0 fully saturated rings. The number of nitrogens with two attached hydrogens (primary N) is 1. The average molecular weight is 275 g/mol. The number of carbonyl (C=O) groups excluding carboxylic acids is 1. The van der Waals surface area contributed by atoms with Gasteiger partial charge in [0.15, 0.2) is 0 Å². The Morgan fingerprint density at radius 1 is 1.41 bits per heavy atom. The maximum atomic E-state index is 11.7. The molecule has 0 heterocycles. The second kappa shape index (κ2) is 8.60. The molecule has 102 valence electrons. The summed E-state index contributed by atoms with van der Waals surface area (Å²) in [5.74, 6) is 0.522. The molecule has 0 aromatic heterocycles. The molecule has 0 spiro atoms. The summed E-state index contributed by atoms with van der Waals surface area (Å²) in [4.78, 5) is 10.9. The molecule has 0 bridgehead atoms. The Balaban J connectivity index is 3.33. The van der Waals surface area contributed by atoms with E-state index in [-0.39, 0.29) is 6.61 Å². The van der Waals surface area contributed by atoms with E-state index in [4.69, 9.17) is 5.73 Å². The molecule has 2 N–H and O–H groups in total. The molecule has 0 radical (unpaired) electrons. The monoisotopic (exact) mass is 275 g/mol. The predicted molar refractivity (Wildman–Crippen MR) is 58.8 cm³/mol. The Hall–Kier alpha value is -0.470. The first kappa shape index (κ1) is 16.5. The predicted octanol–water partition coefficient (Wildman–Crippen LogP) is 1.19. The summed E-state index contributed by atoms with van der Waals surface area (Å²) in [6.45, 7) is -1.20. The molecule has 4 nitrogen and oxygen atoms in total. The van der Waals surface area contributed by atoms with E-state index in [0.717, 1.165) is 0 Å². The number of esters is 1. The van der Waals surface area contributed by atoms with Crippen LogP contribution >= 0.6 is 11.8 Å². The lowest BCUT2D eigenvalue weighted by atomic mass is 10.2. The van der Waals surface area contributed by atoms with E-state index in [9.17, 15) is 18.0 Å². The van der Waals surface area contributed by atoms with Gasteiger partial charge in [-0.25, -0.2) is 0 Å². The highest BCUT2D eigenvalue weighted by Crippen LogP contribution is 2.14. The van der Waals surface area contributed by atoms with E-state index in [1.807, 2.05) is 0 Å². The van der Waals surface area contributed by atoms with E-state index in [0.29, 0.717) is 17.9 Å². The van der Waals surface area contributed by atoms with Crippen LogP contribution in [0.1, 0.15) is 6.42 Å². The number of hydrogen-bond donors (Lipinski definition) is 1. The molecule has 0 aromatic rings. The summed E-state index contributed by atoms with van der Waals surface area (Å²) in [5.41, 5.74) is 5.46. The molecule has 0 aromatic carbocycles. The number of thioether (sulfide) groups is 1. The normalized spacial score (nSPS) is 13.5.